The van der Waals surface area contributed by atoms with Gasteiger partial charge in [0.1, 0.15) is 5.75 Å². The Morgan fingerprint density at radius 3 is 2.19 bits per heavy atom. The van der Waals surface area contributed by atoms with Crippen molar-refractivity contribution in [1.29, 1.82) is 0 Å². The summed E-state index contributed by atoms with van der Waals surface area (Å²) in [5.74, 6) is -0.538. The second kappa shape index (κ2) is 10.5. The standard InChI is InChI=1S/C31H27NO4/c1-2-3-12-19-35-31(34)26-20-22(30(33)36-24-15-8-5-9-16-24)21-28-29(26)25-17-10-11-18-27(25)32(28)23-13-6-4-7-14-23/h4-11,13-18,20-21H,2-3,12,19H2,1H3. The molecule has 0 spiro atoms. The molecule has 0 unspecified atom stereocenters. The molecule has 0 amide bonds. The summed E-state index contributed by atoms with van der Waals surface area (Å²) in [6.45, 7) is 2.44. The maximum absolute atomic E-state index is 13.4. The van der Waals surface area contributed by atoms with Gasteiger partial charge in [0, 0.05) is 16.5 Å². The van der Waals surface area contributed by atoms with E-state index in [1.54, 1.807) is 36.4 Å². The quantitative estimate of drug-likeness (QED) is 0.133. The summed E-state index contributed by atoms with van der Waals surface area (Å²) < 4.78 is 13.3. The zero-order valence-electron chi connectivity index (χ0n) is 20.1. The number of benzene rings is 4. The molecule has 5 nitrogen and oxygen atoms in total. The topological polar surface area (TPSA) is 57.5 Å². The second-order valence-electron chi connectivity index (χ2n) is 8.65. The summed E-state index contributed by atoms with van der Waals surface area (Å²) in [6.07, 6.45) is 2.82. The number of fused-ring (bicyclic) bond motifs is 3. The Morgan fingerprint density at radius 2 is 1.44 bits per heavy atom. The molecular formula is C31H27NO4. The van der Waals surface area contributed by atoms with Gasteiger partial charge in [0.25, 0.3) is 0 Å². The monoisotopic (exact) mass is 477 g/mol. The highest BCUT2D eigenvalue weighted by atomic mass is 16.5. The van der Waals surface area contributed by atoms with Crippen molar-refractivity contribution in [3.8, 4) is 11.4 Å². The van der Waals surface area contributed by atoms with Crippen LogP contribution in [0.5, 0.6) is 5.75 Å². The van der Waals surface area contributed by atoms with Crippen LogP contribution in [-0.2, 0) is 4.74 Å². The van der Waals surface area contributed by atoms with Crippen molar-refractivity contribution in [2.45, 2.75) is 26.2 Å². The molecule has 0 atom stereocenters. The lowest BCUT2D eigenvalue weighted by molar-refractivity contribution is 0.0500. The molecule has 1 aromatic heterocycles. The van der Waals surface area contributed by atoms with Crippen LogP contribution < -0.4 is 4.74 Å². The van der Waals surface area contributed by atoms with Gasteiger partial charge in [-0.05, 0) is 48.9 Å². The highest BCUT2D eigenvalue weighted by Gasteiger charge is 2.23. The average molecular weight is 478 g/mol. The fraction of sp³-hybridized carbons (Fsp3) is 0.161. The Bertz CT molecular complexity index is 1520. The van der Waals surface area contributed by atoms with Crippen molar-refractivity contribution in [2.24, 2.45) is 0 Å². The largest absolute Gasteiger partial charge is 0.462 e. The number of esters is 2. The van der Waals surface area contributed by atoms with E-state index in [0.717, 1.165) is 46.8 Å². The van der Waals surface area contributed by atoms with Gasteiger partial charge >= 0.3 is 11.9 Å². The first-order valence-corrected chi connectivity index (χ1v) is 12.2. The fourth-order valence-corrected chi connectivity index (χ4v) is 4.48. The molecule has 0 radical (unpaired) electrons. The highest BCUT2D eigenvalue weighted by molar-refractivity contribution is 6.19. The van der Waals surface area contributed by atoms with E-state index >= 15 is 0 Å². The average Bonchev–Trinajstić information content (AvgIpc) is 3.26. The first-order chi connectivity index (χ1) is 17.7. The lowest BCUT2D eigenvalue weighted by Gasteiger charge is -2.11. The van der Waals surface area contributed by atoms with Crippen LogP contribution in [0.25, 0.3) is 27.5 Å². The first kappa shape index (κ1) is 23.4. The predicted molar refractivity (Wildman–Crippen MR) is 142 cm³/mol. The zero-order valence-corrected chi connectivity index (χ0v) is 20.1. The smallest absolute Gasteiger partial charge is 0.343 e. The lowest BCUT2D eigenvalue weighted by Crippen LogP contribution is -2.12. The molecule has 180 valence electrons. The molecule has 1 heterocycles. The Morgan fingerprint density at radius 1 is 0.750 bits per heavy atom. The van der Waals surface area contributed by atoms with Crippen molar-refractivity contribution in [3.63, 3.8) is 0 Å². The van der Waals surface area contributed by atoms with E-state index in [1.807, 2.05) is 60.7 Å². The Balaban J connectivity index is 1.70. The van der Waals surface area contributed by atoms with Crippen LogP contribution >= 0.6 is 0 Å². The fourth-order valence-electron chi connectivity index (χ4n) is 4.48. The van der Waals surface area contributed by atoms with Crippen molar-refractivity contribution in [3.05, 3.63) is 108 Å². The molecule has 0 bridgehead atoms. The van der Waals surface area contributed by atoms with Crippen LogP contribution in [-0.4, -0.2) is 23.1 Å². The van der Waals surface area contributed by atoms with Crippen molar-refractivity contribution >= 4 is 33.7 Å². The number of nitrogens with zero attached hydrogens (tertiary/aromatic N) is 1. The number of rotatable bonds is 8. The van der Waals surface area contributed by atoms with Gasteiger partial charge in [0.2, 0.25) is 0 Å². The van der Waals surface area contributed by atoms with E-state index < -0.39 is 11.9 Å². The van der Waals surface area contributed by atoms with E-state index in [-0.39, 0.29) is 5.56 Å². The summed E-state index contributed by atoms with van der Waals surface area (Å²) >= 11 is 0. The molecule has 36 heavy (non-hydrogen) atoms. The Hall–Kier alpha value is -4.38. The van der Waals surface area contributed by atoms with Crippen LogP contribution in [0.1, 0.15) is 46.9 Å². The molecule has 4 aromatic carbocycles. The number of hydrogen-bond donors (Lipinski definition) is 0. The number of hydrogen-bond acceptors (Lipinski definition) is 4. The predicted octanol–water partition coefficient (Wildman–Crippen LogP) is 7.35. The highest BCUT2D eigenvalue weighted by Crippen LogP contribution is 2.35. The number of para-hydroxylation sites is 3. The number of unbranched alkanes of at least 4 members (excludes halogenated alkanes) is 2. The maximum Gasteiger partial charge on any atom is 0.343 e. The van der Waals surface area contributed by atoms with Gasteiger partial charge in [-0.3, -0.25) is 0 Å². The van der Waals surface area contributed by atoms with Crippen LogP contribution in [0.15, 0.2) is 97.1 Å². The number of carbonyl (C=O) groups excluding carboxylic acids is 2. The van der Waals surface area contributed by atoms with Crippen molar-refractivity contribution in [1.82, 2.24) is 4.57 Å². The minimum absolute atomic E-state index is 0.284. The Labute approximate surface area is 209 Å². The Kier molecular flexibility index (Phi) is 6.80. The van der Waals surface area contributed by atoms with E-state index in [1.165, 1.54) is 0 Å². The van der Waals surface area contributed by atoms with Crippen molar-refractivity contribution < 1.29 is 19.1 Å². The summed E-state index contributed by atoms with van der Waals surface area (Å²) in [6, 6.07) is 30.1. The first-order valence-electron chi connectivity index (χ1n) is 12.2. The molecular weight excluding hydrogens is 450 g/mol. The van der Waals surface area contributed by atoms with Gasteiger partial charge in [-0.15, -0.1) is 0 Å². The molecule has 0 fully saturated rings. The molecule has 0 aliphatic heterocycles. The summed E-state index contributed by atoms with van der Waals surface area (Å²) in [5.41, 5.74) is 3.25. The molecule has 5 rings (SSSR count). The van der Waals surface area contributed by atoms with Crippen molar-refractivity contribution in [2.75, 3.05) is 6.61 Å². The molecule has 0 N–H and O–H groups in total. The third-order valence-electron chi connectivity index (χ3n) is 6.18. The van der Waals surface area contributed by atoms with Crippen LogP contribution in [0.3, 0.4) is 0 Å². The maximum atomic E-state index is 13.4. The SMILES string of the molecule is CCCCCOC(=O)c1cc(C(=O)Oc2ccccc2)cc2c1c1ccccc1n2-c1ccccc1. The van der Waals surface area contributed by atoms with Gasteiger partial charge in [0.05, 0.1) is 28.8 Å². The molecule has 5 heteroatoms. The molecule has 5 aromatic rings. The second-order valence-corrected chi connectivity index (χ2v) is 8.65. The van der Waals surface area contributed by atoms with Gasteiger partial charge < -0.3 is 14.0 Å². The van der Waals surface area contributed by atoms with E-state index in [2.05, 4.69) is 11.5 Å². The van der Waals surface area contributed by atoms with Crippen LogP contribution in [0.4, 0.5) is 0 Å². The summed E-state index contributed by atoms with van der Waals surface area (Å²) in [4.78, 5) is 26.6. The normalized spacial score (nSPS) is 11.0. The summed E-state index contributed by atoms with van der Waals surface area (Å²) in [7, 11) is 0. The van der Waals surface area contributed by atoms with Gasteiger partial charge in [-0.1, -0.05) is 74.4 Å². The van der Waals surface area contributed by atoms with Gasteiger partial charge in [-0.25, -0.2) is 9.59 Å². The summed E-state index contributed by atoms with van der Waals surface area (Å²) in [5, 5.41) is 1.67. The lowest BCUT2D eigenvalue weighted by atomic mass is 10.0. The van der Waals surface area contributed by atoms with Gasteiger partial charge in [-0.2, -0.15) is 0 Å². The molecule has 0 aliphatic rings. The van der Waals surface area contributed by atoms with Crippen LogP contribution in [0.2, 0.25) is 0 Å². The van der Waals surface area contributed by atoms with E-state index in [9.17, 15) is 9.59 Å². The van der Waals surface area contributed by atoms with Crippen LogP contribution in [0, 0.1) is 0 Å². The minimum atomic E-state index is -0.534. The van der Waals surface area contributed by atoms with E-state index in [4.69, 9.17) is 9.47 Å². The third-order valence-corrected chi connectivity index (χ3v) is 6.18. The van der Waals surface area contributed by atoms with Gasteiger partial charge in [0.15, 0.2) is 0 Å². The molecule has 0 aliphatic carbocycles. The minimum Gasteiger partial charge on any atom is -0.462 e. The molecule has 0 saturated carbocycles. The van der Waals surface area contributed by atoms with E-state index in [0.29, 0.717) is 17.9 Å². The number of aromatic nitrogens is 1. The zero-order chi connectivity index (χ0) is 24.9. The number of ether oxygens (including phenoxy) is 2. The molecule has 0 saturated heterocycles. The third kappa shape index (κ3) is 4.60. The number of carbonyl (C=O) groups is 2.